The van der Waals surface area contributed by atoms with Gasteiger partial charge in [-0.2, -0.15) is 0 Å². The van der Waals surface area contributed by atoms with Gasteiger partial charge >= 0.3 is 5.69 Å². The number of rotatable bonds is 1. The molecule has 0 amide bonds. The van der Waals surface area contributed by atoms with Crippen LogP contribution in [0.2, 0.25) is 0 Å². The van der Waals surface area contributed by atoms with Crippen LogP contribution >= 0.6 is 15.9 Å². The lowest BCUT2D eigenvalue weighted by atomic mass is 10.3. The Labute approximate surface area is 95.9 Å². The maximum absolute atomic E-state index is 11.7. The Morgan fingerprint density at radius 2 is 1.93 bits per heavy atom. The zero-order valence-electron chi connectivity index (χ0n) is 8.54. The first-order chi connectivity index (χ1) is 7.11. The van der Waals surface area contributed by atoms with Gasteiger partial charge < -0.3 is 4.98 Å². The molecule has 0 aliphatic heterocycles. The van der Waals surface area contributed by atoms with E-state index in [9.17, 15) is 4.79 Å². The van der Waals surface area contributed by atoms with Crippen molar-refractivity contribution in [2.75, 3.05) is 0 Å². The highest BCUT2D eigenvalue weighted by Gasteiger charge is 2.10. The van der Waals surface area contributed by atoms with E-state index in [4.69, 9.17) is 0 Å². The number of aromatic amines is 1. The van der Waals surface area contributed by atoms with Crippen LogP contribution in [-0.4, -0.2) is 9.55 Å². The van der Waals surface area contributed by atoms with Crippen molar-refractivity contribution in [2.45, 2.75) is 13.8 Å². The van der Waals surface area contributed by atoms with Crippen molar-refractivity contribution in [3.63, 3.8) is 0 Å². The Morgan fingerprint density at radius 3 is 2.47 bits per heavy atom. The number of benzene rings is 1. The maximum atomic E-state index is 11.7. The van der Waals surface area contributed by atoms with Crippen LogP contribution in [0.5, 0.6) is 0 Å². The molecule has 0 atom stereocenters. The largest absolute Gasteiger partial charge is 0.330 e. The number of imidazole rings is 1. The lowest BCUT2D eigenvalue weighted by Crippen LogP contribution is -2.16. The van der Waals surface area contributed by atoms with E-state index in [1.54, 1.807) is 4.57 Å². The number of aromatic nitrogens is 2. The molecule has 4 heteroatoms. The Bertz CT molecular complexity index is 554. The van der Waals surface area contributed by atoms with E-state index in [1.165, 1.54) is 0 Å². The van der Waals surface area contributed by atoms with Gasteiger partial charge in [0.1, 0.15) is 0 Å². The molecule has 0 saturated heterocycles. The smallest absolute Gasteiger partial charge is 0.310 e. The summed E-state index contributed by atoms with van der Waals surface area (Å²) in [7, 11) is 0. The predicted molar refractivity (Wildman–Crippen MR) is 63.6 cm³/mol. The molecule has 1 aromatic carbocycles. The second-order valence-corrected chi connectivity index (χ2v) is 4.28. The van der Waals surface area contributed by atoms with Gasteiger partial charge in [-0.05, 0) is 41.9 Å². The van der Waals surface area contributed by atoms with Gasteiger partial charge in [0.15, 0.2) is 0 Å². The summed E-state index contributed by atoms with van der Waals surface area (Å²) in [4.78, 5) is 14.5. The molecule has 0 aliphatic carbocycles. The minimum Gasteiger partial charge on any atom is -0.310 e. The summed E-state index contributed by atoms with van der Waals surface area (Å²) in [6, 6.07) is 7.66. The third-order valence-corrected chi connectivity index (χ3v) is 3.14. The zero-order chi connectivity index (χ0) is 11.0. The molecule has 78 valence electrons. The van der Waals surface area contributed by atoms with Crippen molar-refractivity contribution >= 4 is 15.9 Å². The first kappa shape index (κ1) is 10.2. The summed E-state index contributed by atoms with van der Waals surface area (Å²) in [5.41, 5.74) is 2.60. The zero-order valence-corrected chi connectivity index (χ0v) is 10.1. The summed E-state index contributed by atoms with van der Waals surface area (Å²) in [5.74, 6) is 0. The van der Waals surface area contributed by atoms with E-state index in [-0.39, 0.29) is 5.69 Å². The molecular weight excluding hydrogens is 256 g/mol. The Kier molecular flexibility index (Phi) is 2.52. The standard InChI is InChI=1S/C11H11BrN2O/c1-7-8(2)14(11(15)13-7)10-6-4-3-5-9(10)12/h3-6H,1-2H3,(H,13,15). The molecule has 1 heterocycles. The molecule has 0 bridgehead atoms. The van der Waals surface area contributed by atoms with Gasteiger partial charge in [0.2, 0.25) is 0 Å². The van der Waals surface area contributed by atoms with Gasteiger partial charge in [0, 0.05) is 15.9 Å². The van der Waals surface area contributed by atoms with Gasteiger partial charge in [-0.15, -0.1) is 0 Å². The summed E-state index contributed by atoms with van der Waals surface area (Å²) in [5, 5.41) is 0. The van der Waals surface area contributed by atoms with Crippen LogP contribution in [0.3, 0.4) is 0 Å². The molecule has 0 radical (unpaired) electrons. The molecule has 2 rings (SSSR count). The van der Waals surface area contributed by atoms with E-state index in [1.807, 2.05) is 38.1 Å². The third-order valence-electron chi connectivity index (χ3n) is 2.47. The summed E-state index contributed by atoms with van der Waals surface area (Å²) >= 11 is 3.44. The van der Waals surface area contributed by atoms with E-state index in [2.05, 4.69) is 20.9 Å². The van der Waals surface area contributed by atoms with E-state index in [0.717, 1.165) is 21.5 Å². The van der Waals surface area contributed by atoms with E-state index in [0.29, 0.717) is 0 Å². The number of aryl methyl sites for hydroxylation is 1. The van der Waals surface area contributed by atoms with Crippen molar-refractivity contribution in [3.05, 3.63) is 50.6 Å². The average Bonchev–Trinajstić information content (AvgIpc) is 2.43. The topological polar surface area (TPSA) is 37.8 Å². The molecule has 15 heavy (non-hydrogen) atoms. The summed E-state index contributed by atoms with van der Waals surface area (Å²) in [6.07, 6.45) is 0. The maximum Gasteiger partial charge on any atom is 0.330 e. The normalized spacial score (nSPS) is 10.6. The third kappa shape index (κ3) is 1.65. The number of para-hydroxylation sites is 1. The second kappa shape index (κ2) is 3.70. The molecule has 3 nitrogen and oxygen atoms in total. The van der Waals surface area contributed by atoms with Crippen LogP contribution in [0.15, 0.2) is 33.5 Å². The predicted octanol–water partition coefficient (Wildman–Crippen LogP) is 2.54. The van der Waals surface area contributed by atoms with Crippen LogP contribution in [-0.2, 0) is 0 Å². The monoisotopic (exact) mass is 266 g/mol. The lowest BCUT2D eigenvalue weighted by molar-refractivity contribution is 0.944. The molecule has 2 aromatic rings. The Balaban J connectivity index is 2.75. The first-order valence-corrected chi connectivity index (χ1v) is 5.43. The fraction of sp³-hybridized carbons (Fsp3) is 0.182. The minimum atomic E-state index is -0.100. The highest BCUT2D eigenvalue weighted by atomic mass is 79.9. The molecule has 1 N–H and O–H groups in total. The Hall–Kier alpha value is -1.29. The van der Waals surface area contributed by atoms with Crippen LogP contribution in [0, 0.1) is 13.8 Å². The van der Waals surface area contributed by atoms with Crippen molar-refractivity contribution in [1.29, 1.82) is 0 Å². The minimum absolute atomic E-state index is 0.100. The lowest BCUT2D eigenvalue weighted by Gasteiger charge is -2.06. The van der Waals surface area contributed by atoms with Crippen molar-refractivity contribution in [3.8, 4) is 5.69 Å². The van der Waals surface area contributed by atoms with Gasteiger partial charge in [-0.1, -0.05) is 12.1 Å². The van der Waals surface area contributed by atoms with Crippen molar-refractivity contribution in [2.24, 2.45) is 0 Å². The van der Waals surface area contributed by atoms with E-state index >= 15 is 0 Å². The number of H-pyrrole nitrogens is 1. The number of nitrogens with one attached hydrogen (secondary N) is 1. The van der Waals surface area contributed by atoms with Crippen molar-refractivity contribution in [1.82, 2.24) is 9.55 Å². The number of halogens is 1. The molecule has 0 fully saturated rings. The fourth-order valence-corrected chi connectivity index (χ4v) is 2.01. The molecular formula is C11H11BrN2O. The van der Waals surface area contributed by atoms with Gasteiger partial charge in [-0.25, -0.2) is 4.79 Å². The van der Waals surface area contributed by atoms with Gasteiger partial charge in [-0.3, -0.25) is 4.57 Å². The van der Waals surface area contributed by atoms with Crippen LogP contribution in [0.1, 0.15) is 11.4 Å². The van der Waals surface area contributed by atoms with Crippen LogP contribution in [0.4, 0.5) is 0 Å². The van der Waals surface area contributed by atoms with E-state index < -0.39 is 0 Å². The average molecular weight is 267 g/mol. The number of hydrogen-bond acceptors (Lipinski definition) is 1. The van der Waals surface area contributed by atoms with Crippen LogP contribution < -0.4 is 5.69 Å². The van der Waals surface area contributed by atoms with Crippen molar-refractivity contribution < 1.29 is 0 Å². The fourth-order valence-electron chi connectivity index (χ4n) is 1.55. The molecule has 0 unspecified atom stereocenters. The quantitative estimate of drug-likeness (QED) is 0.847. The van der Waals surface area contributed by atoms with Crippen LogP contribution in [0.25, 0.3) is 5.69 Å². The Morgan fingerprint density at radius 1 is 1.27 bits per heavy atom. The molecule has 1 aromatic heterocycles. The number of hydrogen-bond donors (Lipinski definition) is 1. The highest BCUT2D eigenvalue weighted by molar-refractivity contribution is 9.10. The molecule has 0 aliphatic rings. The second-order valence-electron chi connectivity index (χ2n) is 3.43. The van der Waals surface area contributed by atoms with Gasteiger partial charge in [0.05, 0.1) is 5.69 Å². The van der Waals surface area contributed by atoms with Gasteiger partial charge in [0.25, 0.3) is 0 Å². The number of nitrogens with zero attached hydrogens (tertiary/aromatic N) is 1. The summed E-state index contributed by atoms with van der Waals surface area (Å²) in [6.45, 7) is 3.82. The molecule has 0 saturated carbocycles. The SMILES string of the molecule is Cc1[nH]c(=O)n(-c2ccccc2Br)c1C. The molecule has 0 spiro atoms. The first-order valence-electron chi connectivity index (χ1n) is 4.64. The highest BCUT2D eigenvalue weighted by Crippen LogP contribution is 2.20. The summed E-state index contributed by atoms with van der Waals surface area (Å²) < 4.78 is 2.58.